The molecule has 1 saturated heterocycles. The van der Waals surface area contributed by atoms with Crippen LogP contribution in [0, 0.1) is 5.41 Å². The van der Waals surface area contributed by atoms with Crippen LogP contribution in [-0.4, -0.2) is 37.4 Å². The molecule has 0 saturated carbocycles. The average molecular weight is 115 g/mol. The fourth-order valence-electron chi connectivity index (χ4n) is 0.723. The van der Waals surface area contributed by atoms with E-state index in [2.05, 4.69) is 5.32 Å². The van der Waals surface area contributed by atoms with E-state index in [4.69, 9.17) is 5.41 Å². The second-order valence-electron chi connectivity index (χ2n) is 2.05. The van der Waals surface area contributed by atoms with Crippen molar-refractivity contribution in [1.29, 1.82) is 5.41 Å². The fraction of sp³-hybridized carbons (Fsp3) is 0.800. The highest BCUT2D eigenvalue weighted by Crippen LogP contribution is 1.87. The van der Waals surface area contributed by atoms with Crippen molar-refractivity contribution in [3.8, 4) is 0 Å². The third kappa shape index (κ3) is 0.980. The van der Waals surface area contributed by atoms with Crippen LogP contribution in [0.4, 0.5) is 0 Å². The third-order valence-electron chi connectivity index (χ3n) is 1.38. The average Bonchev–Trinajstić information content (AvgIpc) is 1.77. The van der Waals surface area contributed by atoms with E-state index in [-0.39, 0.29) is 1.43 Å². The monoisotopic (exact) mass is 115 g/mol. The van der Waals surface area contributed by atoms with E-state index in [9.17, 15) is 0 Å². The molecule has 2 N–H and O–H groups in total. The van der Waals surface area contributed by atoms with Crippen LogP contribution in [0.3, 0.4) is 0 Å². The predicted molar refractivity (Wildman–Crippen MR) is 35.3 cm³/mol. The van der Waals surface area contributed by atoms with Crippen molar-refractivity contribution in [2.75, 3.05) is 26.7 Å². The van der Waals surface area contributed by atoms with Crippen LogP contribution < -0.4 is 5.32 Å². The first-order valence-electron chi connectivity index (χ1n) is 2.80. The summed E-state index contributed by atoms with van der Waals surface area (Å²) < 4.78 is 0. The number of amidine groups is 1. The van der Waals surface area contributed by atoms with Crippen molar-refractivity contribution in [3.05, 3.63) is 0 Å². The normalized spacial score (nSPS) is 21.6. The van der Waals surface area contributed by atoms with Gasteiger partial charge in [0, 0.05) is 21.6 Å². The van der Waals surface area contributed by atoms with Gasteiger partial charge in [-0.1, -0.05) is 0 Å². The lowest BCUT2D eigenvalue weighted by Crippen LogP contribution is -2.45. The molecule has 0 spiro atoms. The fourth-order valence-corrected chi connectivity index (χ4v) is 0.723. The van der Waals surface area contributed by atoms with Crippen LogP contribution in [0.15, 0.2) is 0 Å². The van der Waals surface area contributed by atoms with Crippen LogP contribution in [0.2, 0.25) is 0 Å². The predicted octanol–water partition coefficient (Wildman–Crippen LogP) is -0.255. The van der Waals surface area contributed by atoms with Gasteiger partial charge in [0.05, 0.1) is 6.54 Å². The maximum atomic E-state index is 7.26. The molecule has 0 unspecified atom stereocenters. The Balaban J connectivity index is 0.000000640. The Morgan fingerprint density at radius 3 is 3.00 bits per heavy atom. The molecule has 3 heteroatoms. The van der Waals surface area contributed by atoms with Gasteiger partial charge in [0.15, 0.2) is 0 Å². The molecule has 1 rings (SSSR count). The molecule has 3 nitrogen and oxygen atoms in total. The lowest BCUT2D eigenvalue weighted by atomic mass is 10.4. The molecule has 1 aliphatic heterocycles. The Morgan fingerprint density at radius 2 is 2.62 bits per heavy atom. The van der Waals surface area contributed by atoms with Crippen molar-refractivity contribution in [2.24, 2.45) is 0 Å². The summed E-state index contributed by atoms with van der Waals surface area (Å²) in [4.78, 5) is 1.95. The highest BCUT2D eigenvalue weighted by Gasteiger charge is 2.07. The molecule has 0 atom stereocenters. The zero-order chi connectivity index (χ0) is 5.98. The number of nitrogens with zero attached hydrogens (tertiary/aromatic N) is 1. The van der Waals surface area contributed by atoms with Crippen molar-refractivity contribution in [2.45, 2.75) is 0 Å². The molecule has 0 aliphatic carbocycles. The minimum Gasteiger partial charge on any atom is -0.361 e. The van der Waals surface area contributed by atoms with Gasteiger partial charge in [-0.15, -0.1) is 0 Å². The van der Waals surface area contributed by atoms with Gasteiger partial charge in [-0.3, -0.25) is 5.41 Å². The minimum absolute atomic E-state index is 0. The Hall–Kier alpha value is -0.570. The van der Waals surface area contributed by atoms with Gasteiger partial charge in [-0.05, 0) is 0 Å². The van der Waals surface area contributed by atoms with Crippen molar-refractivity contribution < 1.29 is 1.43 Å². The van der Waals surface area contributed by atoms with Crippen LogP contribution in [0.5, 0.6) is 0 Å². The first kappa shape index (κ1) is 5.56. The van der Waals surface area contributed by atoms with E-state index in [0.717, 1.165) is 19.6 Å². The molecular formula is C5H13N3. The summed E-state index contributed by atoms with van der Waals surface area (Å²) in [6.07, 6.45) is 0. The number of rotatable bonds is 0. The second kappa shape index (κ2) is 2.13. The molecule has 0 aromatic rings. The van der Waals surface area contributed by atoms with Crippen molar-refractivity contribution in [1.82, 2.24) is 10.2 Å². The first-order valence-corrected chi connectivity index (χ1v) is 2.80. The van der Waals surface area contributed by atoms with Gasteiger partial charge in [0.2, 0.25) is 0 Å². The second-order valence-corrected chi connectivity index (χ2v) is 2.05. The molecular weight excluding hydrogens is 102 g/mol. The van der Waals surface area contributed by atoms with E-state index >= 15 is 0 Å². The smallest absolute Gasteiger partial charge is 0.110 e. The highest BCUT2D eigenvalue weighted by molar-refractivity contribution is 5.81. The van der Waals surface area contributed by atoms with E-state index < -0.39 is 0 Å². The van der Waals surface area contributed by atoms with Crippen molar-refractivity contribution in [3.63, 3.8) is 0 Å². The van der Waals surface area contributed by atoms with E-state index in [1.807, 2.05) is 11.9 Å². The summed E-state index contributed by atoms with van der Waals surface area (Å²) >= 11 is 0. The van der Waals surface area contributed by atoms with E-state index in [0.29, 0.717) is 5.84 Å². The first-order chi connectivity index (χ1) is 3.80. The molecule has 1 fully saturated rings. The SMILES string of the molecule is CN1CCNCC1=N.[HH]. The van der Waals surface area contributed by atoms with Crippen LogP contribution in [-0.2, 0) is 0 Å². The maximum absolute atomic E-state index is 7.26. The number of likely N-dealkylation sites (N-methyl/N-ethyl adjacent to an activating group) is 1. The zero-order valence-electron chi connectivity index (χ0n) is 5.07. The summed E-state index contributed by atoms with van der Waals surface area (Å²) in [6.45, 7) is 2.72. The maximum Gasteiger partial charge on any atom is 0.110 e. The summed E-state index contributed by atoms with van der Waals surface area (Å²) in [5.74, 6) is 0.691. The number of nitrogens with one attached hydrogen (secondary N) is 2. The third-order valence-corrected chi connectivity index (χ3v) is 1.38. The molecule has 0 bridgehead atoms. The lowest BCUT2D eigenvalue weighted by Gasteiger charge is -2.25. The van der Waals surface area contributed by atoms with Gasteiger partial charge < -0.3 is 10.2 Å². The zero-order valence-corrected chi connectivity index (χ0v) is 5.07. The minimum atomic E-state index is 0. The Morgan fingerprint density at radius 1 is 1.88 bits per heavy atom. The lowest BCUT2D eigenvalue weighted by molar-refractivity contribution is 0.442. The van der Waals surface area contributed by atoms with E-state index in [1.165, 1.54) is 0 Å². The standard InChI is InChI=1S/C5H11N3.H2/c1-8-3-2-7-4-5(8)6;/h6-7H,2-4H2,1H3;1H. The molecule has 0 radical (unpaired) electrons. The van der Waals surface area contributed by atoms with Crippen LogP contribution in [0.25, 0.3) is 0 Å². The Kier molecular flexibility index (Phi) is 1.48. The molecule has 0 aromatic heterocycles. The van der Waals surface area contributed by atoms with Gasteiger partial charge in [-0.25, -0.2) is 0 Å². The Bertz CT molecular complexity index is 104. The Labute approximate surface area is 50.7 Å². The van der Waals surface area contributed by atoms with Gasteiger partial charge in [-0.2, -0.15) is 0 Å². The quantitative estimate of drug-likeness (QED) is 0.457. The molecule has 1 heterocycles. The van der Waals surface area contributed by atoms with Gasteiger partial charge >= 0.3 is 0 Å². The molecule has 0 amide bonds. The summed E-state index contributed by atoms with van der Waals surface area (Å²) in [6, 6.07) is 0. The molecule has 8 heavy (non-hydrogen) atoms. The van der Waals surface area contributed by atoms with Gasteiger partial charge in [0.1, 0.15) is 5.84 Å². The molecule has 1 aliphatic rings. The topological polar surface area (TPSA) is 39.1 Å². The number of hydrogen-bond donors (Lipinski definition) is 2. The largest absolute Gasteiger partial charge is 0.361 e. The summed E-state index contributed by atoms with van der Waals surface area (Å²) in [7, 11) is 1.95. The van der Waals surface area contributed by atoms with Gasteiger partial charge in [0.25, 0.3) is 0 Å². The number of piperazine rings is 1. The molecule has 0 aromatic carbocycles. The van der Waals surface area contributed by atoms with E-state index in [1.54, 1.807) is 0 Å². The van der Waals surface area contributed by atoms with Crippen molar-refractivity contribution >= 4 is 5.84 Å². The van der Waals surface area contributed by atoms with Crippen LogP contribution >= 0.6 is 0 Å². The molecule has 48 valence electrons. The summed E-state index contributed by atoms with van der Waals surface area (Å²) in [5, 5.41) is 10.4. The highest BCUT2D eigenvalue weighted by atomic mass is 15.2. The van der Waals surface area contributed by atoms with Crippen LogP contribution in [0.1, 0.15) is 1.43 Å². The number of hydrogen-bond acceptors (Lipinski definition) is 2. The summed E-state index contributed by atoms with van der Waals surface area (Å²) in [5.41, 5.74) is 0.